The Morgan fingerprint density at radius 2 is 2.11 bits per heavy atom. The molecule has 1 unspecified atom stereocenters. The summed E-state index contributed by atoms with van der Waals surface area (Å²) in [6, 6.07) is 4.99. The van der Waals surface area contributed by atoms with Crippen LogP contribution in [0.5, 0.6) is 5.75 Å². The van der Waals surface area contributed by atoms with Gasteiger partial charge in [-0.15, -0.1) is 0 Å². The van der Waals surface area contributed by atoms with Crippen LogP contribution in [0.25, 0.3) is 0 Å². The molecule has 3 nitrogen and oxygen atoms in total. The second kappa shape index (κ2) is 6.21. The first-order valence-electron chi connectivity index (χ1n) is 6.79. The van der Waals surface area contributed by atoms with Crippen LogP contribution in [-0.4, -0.2) is 26.2 Å². The quantitative estimate of drug-likeness (QED) is 0.837. The summed E-state index contributed by atoms with van der Waals surface area (Å²) in [6.45, 7) is 7.35. The number of ether oxygens (including phenoxy) is 1. The van der Waals surface area contributed by atoms with Crippen LogP contribution in [0.1, 0.15) is 29.5 Å². The van der Waals surface area contributed by atoms with Gasteiger partial charge in [0.25, 0.3) is 0 Å². The third-order valence-corrected chi connectivity index (χ3v) is 3.77. The number of rotatable bonds is 5. The fourth-order valence-electron chi connectivity index (χ4n) is 2.49. The number of nitrogens with one attached hydrogen (secondary N) is 2. The minimum Gasteiger partial charge on any atom is -0.496 e. The number of methoxy groups -OCH3 is 1. The zero-order chi connectivity index (χ0) is 13.0. The molecule has 0 radical (unpaired) electrons. The van der Waals surface area contributed by atoms with Crippen molar-refractivity contribution in [3.8, 4) is 5.75 Å². The lowest BCUT2D eigenvalue weighted by Crippen LogP contribution is -2.33. The van der Waals surface area contributed by atoms with E-state index in [2.05, 4.69) is 36.6 Å². The van der Waals surface area contributed by atoms with Crippen LogP contribution in [0.15, 0.2) is 12.1 Å². The SMILES string of the molecule is COc1cc(C)c(C)cc1CNCC1CCCN1. The van der Waals surface area contributed by atoms with Crippen LogP contribution >= 0.6 is 0 Å². The smallest absolute Gasteiger partial charge is 0.123 e. The summed E-state index contributed by atoms with van der Waals surface area (Å²) in [6.07, 6.45) is 2.59. The van der Waals surface area contributed by atoms with Crippen LogP contribution in [-0.2, 0) is 6.54 Å². The maximum Gasteiger partial charge on any atom is 0.123 e. The Kier molecular flexibility index (Phi) is 4.61. The lowest BCUT2D eigenvalue weighted by molar-refractivity contribution is 0.406. The maximum atomic E-state index is 5.45. The molecule has 100 valence electrons. The molecule has 1 aromatic rings. The molecule has 0 saturated carbocycles. The van der Waals surface area contributed by atoms with Crippen LogP contribution in [0.2, 0.25) is 0 Å². The third kappa shape index (κ3) is 3.24. The van der Waals surface area contributed by atoms with Crippen LogP contribution in [0.4, 0.5) is 0 Å². The zero-order valence-electron chi connectivity index (χ0n) is 11.7. The predicted molar refractivity (Wildman–Crippen MR) is 75.2 cm³/mol. The Bertz CT molecular complexity index is 398. The molecule has 1 saturated heterocycles. The molecule has 1 aromatic carbocycles. The summed E-state index contributed by atoms with van der Waals surface area (Å²) in [5, 5.41) is 7.02. The average molecular weight is 248 g/mol. The number of benzene rings is 1. The van der Waals surface area contributed by atoms with E-state index >= 15 is 0 Å². The minimum atomic E-state index is 0.641. The van der Waals surface area contributed by atoms with E-state index in [4.69, 9.17) is 4.74 Å². The van der Waals surface area contributed by atoms with Crippen LogP contribution < -0.4 is 15.4 Å². The van der Waals surface area contributed by atoms with Gasteiger partial charge in [-0.05, 0) is 50.4 Å². The van der Waals surface area contributed by atoms with E-state index in [9.17, 15) is 0 Å². The molecule has 0 amide bonds. The summed E-state index contributed by atoms with van der Waals surface area (Å²) in [5.74, 6) is 0.991. The van der Waals surface area contributed by atoms with Gasteiger partial charge in [-0.3, -0.25) is 0 Å². The molecule has 3 heteroatoms. The molecular weight excluding hydrogens is 224 g/mol. The molecule has 18 heavy (non-hydrogen) atoms. The van der Waals surface area contributed by atoms with Gasteiger partial charge in [0, 0.05) is 24.7 Å². The molecule has 1 fully saturated rings. The fraction of sp³-hybridized carbons (Fsp3) is 0.600. The second-order valence-electron chi connectivity index (χ2n) is 5.17. The Balaban J connectivity index is 1.93. The van der Waals surface area contributed by atoms with Crippen molar-refractivity contribution in [2.24, 2.45) is 0 Å². The predicted octanol–water partition coefficient (Wildman–Crippen LogP) is 2.15. The highest BCUT2D eigenvalue weighted by Gasteiger charge is 2.13. The van der Waals surface area contributed by atoms with Crippen molar-refractivity contribution in [1.82, 2.24) is 10.6 Å². The first kappa shape index (κ1) is 13.4. The lowest BCUT2D eigenvalue weighted by Gasteiger charge is -2.15. The van der Waals surface area contributed by atoms with E-state index in [-0.39, 0.29) is 0 Å². The van der Waals surface area contributed by atoms with Gasteiger partial charge in [0.2, 0.25) is 0 Å². The van der Waals surface area contributed by atoms with Gasteiger partial charge >= 0.3 is 0 Å². The molecule has 1 heterocycles. The molecule has 1 aliphatic rings. The van der Waals surface area contributed by atoms with Crippen molar-refractivity contribution in [2.75, 3.05) is 20.2 Å². The third-order valence-electron chi connectivity index (χ3n) is 3.77. The molecule has 0 aliphatic carbocycles. The molecule has 2 rings (SSSR count). The summed E-state index contributed by atoms with van der Waals surface area (Å²) < 4.78 is 5.45. The summed E-state index contributed by atoms with van der Waals surface area (Å²) in [4.78, 5) is 0. The van der Waals surface area contributed by atoms with Gasteiger partial charge in [-0.2, -0.15) is 0 Å². The highest BCUT2D eigenvalue weighted by atomic mass is 16.5. The fourth-order valence-corrected chi connectivity index (χ4v) is 2.49. The Morgan fingerprint density at radius 3 is 2.78 bits per heavy atom. The Hall–Kier alpha value is -1.06. The Morgan fingerprint density at radius 1 is 1.33 bits per heavy atom. The number of hydrogen-bond acceptors (Lipinski definition) is 3. The summed E-state index contributed by atoms with van der Waals surface area (Å²) >= 11 is 0. The molecule has 1 atom stereocenters. The normalized spacial score (nSPS) is 19.2. The molecular formula is C15H24N2O. The van der Waals surface area contributed by atoms with Gasteiger partial charge < -0.3 is 15.4 Å². The highest BCUT2D eigenvalue weighted by Crippen LogP contribution is 2.22. The topological polar surface area (TPSA) is 33.3 Å². The highest BCUT2D eigenvalue weighted by molar-refractivity contribution is 5.41. The van der Waals surface area contributed by atoms with Crippen molar-refractivity contribution in [1.29, 1.82) is 0 Å². The van der Waals surface area contributed by atoms with Gasteiger partial charge in [0.05, 0.1) is 7.11 Å². The van der Waals surface area contributed by atoms with E-state index in [0.717, 1.165) is 18.8 Å². The standard InChI is InChI=1S/C15H24N2O/c1-11-7-13(15(18-3)8-12(11)2)9-16-10-14-5-4-6-17-14/h7-8,14,16-17H,4-6,9-10H2,1-3H3. The van der Waals surface area contributed by atoms with Gasteiger partial charge in [0.1, 0.15) is 5.75 Å². The largest absolute Gasteiger partial charge is 0.496 e. The number of aryl methyl sites for hydroxylation is 2. The van der Waals surface area contributed by atoms with Crippen LogP contribution in [0.3, 0.4) is 0 Å². The molecule has 0 spiro atoms. The second-order valence-corrected chi connectivity index (χ2v) is 5.17. The van der Waals surface area contributed by atoms with Crippen molar-refractivity contribution >= 4 is 0 Å². The van der Waals surface area contributed by atoms with Crippen molar-refractivity contribution in [3.63, 3.8) is 0 Å². The Labute approximate surface area is 110 Å². The molecule has 0 bridgehead atoms. The average Bonchev–Trinajstić information content (AvgIpc) is 2.86. The number of hydrogen-bond donors (Lipinski definition) is 2. The van der Waals surface area contributed by atoms with Crippen LogP contribution in [0, 0.1) is 13.8 Å². The maximum absolute atomic E-state index is 5.45. The summed E-state index contributed by atoms with van der Waals surface area (Å²) in [5.41, 5.74) is 3.86. The van der Waals surface area contributed by atoms with Gasteiger partial charge in [-0.1, -0.05) is 6.07 Å². The first-order valence-corrected chi connectivity index (χ1v) is 6.79. The van der Waals surface area contributed by atoms with E-state index in [1.165, 1.54) is 36.1 Å². The first-order chi connectivity index (χ1) is 8.70. The van der Waals surface area contributed by atoms with Gasteiger partial charge in [-0.25, -0.2) is 0 Å². The molecule has 2 N–H and O–H groups in total. The molecule has 1 aliphatic heterocycles. The summed E-state index contributed by atoms with van der Waals surface area (Å²) in [7, 11) is 1.74. The van der Waals surface area contributed by atoms with E-state index in [0.29, 0.717) is 6.04 Å². The van der Waals surface area contributed by atoms with Crippen molar-refractivity contribution in [3.05, 3.63) is 28.8 Å². The lowest BCUT2D eigenvalue weighted by atomic mass is 10.0. The minimum absolute atomic E-state index is 0.641. The zero-order valence-corrected chi connectivity index (χ0v) is 11.7. The van der Waals surface area contributed by atoms with Crippen molar-refractivity contribution in [2.45, 2.75) is 39.3 Å². The van der Waals surface area contributed by atoms with E-state index in [1.54, 1.807) is 7.11 Å². The molecule has 0 aromatic heterocycles. The van der Waals surface area contributed by atoms with Gasteiger partial charge in [0.15, 0.2) is 0 Å². The van der Waals surface area contributed by atoms with Crippen molar-refractivity contribution < 1.29 is 4.74 Å². The van der Waals surface area contributed by atoms with E-state index < -0.39 is 0 Å². The van der Waals surface area contributed by atoms with E-state index in [1.807, 2.05) is 0 Å². The monoisotopic (exact) mass is 248 g/mol.